The SMILES string of the molecule is COc1ccc(C(=O)NCC(C)(C)C(=O)O)c(I)c1. The molecule has 0 heterocycles. The zero-order valence-electron chi connectivity index (χ0n) is 11.0. The highest BCUT2D eigenvalue weighted by molar-refractivity contribution is 14.1. The van der Waals surface area contributed by atoms with Gasteiger partial charge < -0.3 is 15.2 Å². The van der Waals surface area contributed by atoms with Crippen LogP contribution in [0.3, 0.4) is 0 Å². The molecule has 104 valence electrons. The first-order valence-electron chi connectivity index (χ1n) is 5.63. The Morgan fingerprint density at radius 1 is 1.42 bits per heavy atom. The quantitative estimate of drug-likeness (QED) is 0.772. The lowest BCUT2D eigenvalue weighted by atomic mass is 9.94. The van der Waals surface area contributed by atoms with Crippen molar-refractivity contribution in [2.75, 3.05) is 13.7 Å². The molecule has 0 radical (unpaired) electrons. The summed E-state index contributed by atoms with van der Waals surface area (Å²) in [5.74, 6) is -0.564. The molecule has 19 heavy (non-hydrogen) atoms. The van der Waals surface area contributed by atoms with Crippen LogP contribution in [0, 0.1) is 8.99 Å². The van der Waals surface area contributed by atoms with Crippen molar-refractivity contribution in [3.63, 3.8) is 0 Å². The Hall–Kier alpha value is -1.31. The van der Waals surface area contributed by atoms with Crippen molar-refractivity contribution in [3.8, 4) is 5.75 Å². The van der Waals surface area contributed by atoms with E-state index in [1.807, 2.05) is 22.6 Å². The number of carbonyl (C=O) groups is 2. The molecule has 0 saturated carbocycles. The Labute approximate surface area is 125 Å². The second-order valence-corrected chi connectivity index (χ2v) is 5.88. The van der Waals surface area contributed by atoms with E-state index in [4.69, 9.17) is 9.84 Å². The molecule has 1 aromatic carbocycles. The second kappa shape index (κ2) is 6.23. The van der Waals surface area contributed by atoms with Gasteiger partial charge in [0.2, 0.25) is 0 Å². The lowest BCUT2D eigenvalue weighted by Gasteiger charge is -2.19. The van der Waals surface area contributed by atoms with Crippen molar-refractivity contribution in [3.05, 3.63) is 27.3 Å². The summed E-state index contributed by atoms with van der Waals surface area (Å²) in [6.45, 7) is 3.20. The number of hydrogen-bond donors (Lipinski definition) is 2. The zero-order valence-corrected chi connectivity index (χ0v) is 13.1. The first-order chi connectivity index (χ1) is 8.77. The normalized spacial score (nSPS) is 10.9. The van der Waals surface area contributed by atoms with Crippen LogP contribution in [0.4, 0.5) is 0 Å². The number of carbonyl (C=O) groups excluding carboxylic acids is 1. The van der Waals surface area contributed by atoms with E-state index in [0.29, 0.717) is 11.3 Å². The van der Waals surface area contributed by atoms with Gasteiger partial charge in [-0.25, -0.2) is 0 Å². The van der Waals surface area contributed by atoms with Gasteiger partial charge in [0.05, 0.1) is 18.1 Å². The fourth-order valence-electron chi connectivity index (χ4n) is 1.28. The molecule has 0 spiro atoms. The van der Waals surface area contributed by atoms with Crippen LogP contribution >= 0.6 is 22.6 Å². The van der Waals surface area contributed by atoms with Crippen molar-refractivity contribution >= 4 is 34.5 Å². The van der Waals surface area contributed by atoms with Gasteiger partial charge in [0.25, 0.3) is 5.91 Å². The van der Waals surface area contributed by atoms with E-state index in [0.717, 1.165) is 3.57 Å². The highest BCUT2D eigenvalue weighted by atomic mass is 127. The van der Waals surface area contributed by atoms with Gasteiger partial charge in [0, 0.05) is 10.1 Å². The van der Waals surface area contributed by atoms with Crippen LogP contribution in [0.1, 0.15) is 24.2 Å². The Bertz CT molecular complexity index is 499. The van der Waals surface area contributed by atoms with Gasteiger partial charge in [0.1, 0.15) is 5.75 Å². The monoisotopic (exact) mass is 377 g/mol. The molecule has 0 atom stereocenters. The van der Waals surface area contributed by atoms with E-state index in [1.165, 1.54) is 0 Å². The minimum absolute atomic E-state index is 0.0727. The van der Waals surface area contributed by atoms with Gasteiger partial charge in [0.15, 0.2) is 0 Å². The van der Waals surface area contributed by atoms with Crippen LogP contribution in [0.2, 0.25) is 0 Å². The Kier molecular flexibility index (Phi) is 5.16. The van der Waals surface area contributed by atoms with Crippen molar-refractivity contribution in [2.24, 2.45) is 5.41 Å². The molecule has 2 N–H and O–H groups in total. The van der Waals surface area contributed by atoms with E-state index >= 15 is 0 Å². The Balaban J connectivity index is 2.77. The van der Waals surface area contributed by atoms with Crippen LogP contribution in [0.15, 0.2) is 18.2 Å². The number of benzene rings is 1. The summed E-state index contributed by atoms with van der Waals surface area (Å²) in [7, 11) is 1.56. The maximum Gasteiger partial charge on any atom is 0.310 e. The van der Waals surface area contributed by atoms with E-state index in [1.54, 1.807) is 39.2 Å². The molecular formula is C13H16INO4. The molecule has 0 fully saturated rings. The van der Waals surface area contributed by atoms with Gasteiger partial charge in [-0.3, -0.25) is 9.59 Å². The molecule has 0 unspecified atom stereocenters. The minimum atomic E-state index is -0.992. The third-order valence-corrected chi connectivity index (χ3v) is 3.58. The molecule has 0 bridgehead atoms. The fraction of sp³-hybridized carbons (Fsp3) is 0.385. The maximum absolute atomic E-state index is 12.0. The van der Waals surface area contributed by atoms with E-state index in [2.05, 4.69) is 5.32 Å². The molecule has 0 aliphatic rings. The van der Waals surface area contributed by atoms with Crippen LogP contribution in [-0.4, -0.2) is 30.6 Å². The molecule has 1 amide bonds. The zero-order chi connectivity index (χ0) is 14.6. The highest BCUT2D eigenvalue weighted by Crippen LogP contribution is 2.20. The smallest absolute Gasteiger partial charge is 0.310 e. The number of hydrogen-bond acceptors (Lipinski definition) is 3. The van der Waals surface area contributed by atoms with Gasteiger partial charge >= 0.3 is 5.97 Å². The number of carboxylic acid groups (broad SMARTS) is 1. The number of halogens is 1. The average Bonchev–Trinajstić information content (AvgIpc) is 2.35. The van der Waals surface area contributed by atoms with Crippen molar-refractivity contribution in [1.29, 1.82) is 0 Å². The van der Waals surface area contributed by atoms with Gasteiger partial charge in [-0.15, -0.1) is 0 Å². The summed E-state index contributed by atoms with van der Waals surface area (Å²) in [4.78, 5) is 22.9. The molecule has 0 aromatic heterocycles. The van der Waals surface area contributed by atoms with Crippen LogP contribution in [-0.2, 0) is 4.79 Å². The summed E-state index contributed by atoms with van der Waals surface area (Å²) < 4.78 is 5.81. The third-order valence-electron chi connectivity index (χ3n) is 2.69. The van der Waals surface area contributed by atoms with Gasteiger partial charge in [-0.05, 0) is 54.6 Å². The topological polar surface area (TPSA) is 75.6 Å². The number of rotatable bonds is 5. The van der Waals surface area contributed by atoms with Crippen molar-refractivity contribution in [1.82, 2.24) is 5.32 Å². The van der Waals surface area contributed by atoms with Crippen molar-refractivity contribution < 1.29 is 19.4 Å². The number of nitrogens with one attached hydrogen (secondary N) is 1. The number of carboxylic acids is 1. The second-order valence-electron chi connectivity index (χ2n) is 4.72. The first-order valence-corrected chi connectivity index (χ1v) is 6.71. The number of aliphatic carboxylic acids is 1. The predicted octanol–water partition coefficient (Wildman–Crippen LogP) is 2.14. The number of amides is 1. The minimum Gasteiger partial charge on any atom is -0.497 e. The highest BCUT2D eigenvalue weighted by Gasteiger charge is 2.27. The fourth-order valence-corrected chi connectivity index (χ4v) is 2.01. The van der Waals surface area contributed by atoms with Crippen molar-refractivity contribution in [2.45, 2.75) is 13.8 Å². The first kappa shape index (κ1) is 15.7. The van der Waals surface area contributed by atoms with Crippen LogP contribution in [0.25, 0.3) is 0 Å². The summed E-state index contributed by atoms with van der Waals surface area (Å²) in [6.07, 6.45) is 0. The van der Waals surface area contributed by atoms with E-state index in [9.17, 15) is 9.59 Å². The van der Waals surface area contributed by atoms with Gasteiger partial charge in [-0.2, -0.15) is 0 Å². The summed E-state index contributed by atoms with van der Waals surface area (Å²) in [5.41, 5.74) is -0.490. The summed E-state index contributed by atoms with van der Waals surface area (Å²) in [6, 6.07) is 5.10. The largest absolute Gasteiger partial charge is 0.497 e. The van der Waals surface area contributed by atoms with Crippen LogP contribution in [0.5, 0.6) is 5.75 Å². The lowest BCUT2D eigenvalue weighted by Crippen LogP contribution is -2.39. The molecule has 0 aliphatic carbocycles. The Morgan fingerprint density at radius 2 is 2.05 bits per heavy atom. The van der Waals surface area contributed by atoms with Gasteiger partial charge in [-0.1, -0.05) is 0 Å². The Morgan fingerprint density at radius 3 is 2.53 bits per heavy atom. The maximum atomic E-state index is 12.0. The average molecular weight is 377 g/mol. The van der Waals surface area contributed by atoms with Crippen LogP contribution < -0.4 is 10.1 Å². The lowest BCUT2D eigenvalue weighted by molar-refractivity contribution is -0.146. The molecule has 1 aromatic rings. The third kappa shape index (κ3) is 4.09. The summed E-state index contributed by atoms with van der Waals surface area (Å²) in [5, 5.41) is 11.6. The number of methoxy groups -OCH3 is 1. The molecule has 1 rings (SSSR count). The molecular weight excluding hydrogens is 361 g/mol. The molecule has 5 nitrogen and oxygen atoms in total. The standard InChI is InChI=1S/C13H16INO4/c1-13(2,12(17)18)7-15-11(16)9-5-4-8(19-3)6-10(9)14/h4-6H,7H2,1-3H3,(H,15,16)(H,17,18). The summed E-state index contributed by atoms with van der Waals surface area (Å²) >= 11 is 2.04. The molecule has 6 heteroatoms. The van der Waals surface area contributed by atoms with E-state index < -0.39 is 11.4 Å². The molecule has 0 saturated heterocycles. The number of ether oxygens (including phenoxy) is 1. The predicted molar refractivity (Wildman–Crippen MR) is 79.5 cm³/mol. The van der Waals surface area contributed by atoms with E-state index in [-0.39, 0.29) is 12.5 Å². The molecule has 0 aliphatic heterocycles.